The van der Waals surface area contributed by atoms with Gasteiger partial charge < -0.3 is 15.1 Å². The van der Waals surface area contributed by atoms with Crippen LogP contribution in [0.15, 0.2) is 24.3 Å². The molecule has 0 spiro atoms. The molecule has 1 saturated heterocycles. The number of thiocarbonyl (C=S) groups is 1. The van der Waals surface area contributed by atoms with Gasteiger partial charge in [0.2, 0.25) is 0 Å². The Balaban J connectivity index is 1.84. The summed E-state index contributed by atoms with van der Waals surface area (Å²) >= 11 is 11.5. The minimum absolute atomic E-state index is 0.612. The summed E-state index contributed by atoms with van der Waals surface area (Å²) in [5.41, 5.74) is 1.19. The number of nitrogens with one attached hydrogen (secondary N) is 1. The summed E-state index contributed by atoms with van der Waals surface area (Å²) in [4.78, 5) is 4.60. The molecule has 1 aromatic carbocycles. The van der Waals surface area contributed by atoms with Gasteiger partial charge in [-0.25, -0.2) is 0 Å². The lowest BCUT2D eigenvalue weighted by atomic mass is 10.2. The first kappa shape index (κ1) is 15.4. The van der Waals surface area contributed by atoms with Crippen molar-refractivity contribution < 1.29 is 0 Å². The second-order valence-electron chi connectivity index (χ2n) is 5.53. The van der Waals surface area contributed by atoms with E-state index < -0.39 is 0 Å². The lowest BCUT2D eigenvalue weighted by molar-refractivity contribution is 0.378. The lowest BCUT2D eigenvalue weighted by Crippen LogP contribution is -2.52. The van der Waals surface area contributed by atoms with Gasteiger partial charge in [0.25, 0.3) is 0 Å². The number of hydrogen-bond acceptors (Lipinski definition) is 2. The number of hydrogen-bond donors (Lipinski definition) is 1. The van der Waals surface area contributed by atoms with Crippen LogP contribution in [0.5, 0.6) is 0 Å². The third kappa shape index (κ3) is 4.25. The summed E-state index contributed by atoms with van der Waals surface area (Å²) in [6.45, 7) is 9.17. The molecule has 20 heavy (non-hydrogen) atoms. The van der Waals surface area contributed by atoms with E-state index in [1.54, 1.807) is 0 Å². The van der Waals surface area contributed by atoms with Gasteiger partial charge in [-0.05, 0) is 36.3 Å². The maximum absolute atomic E-state index is 6.05. The fourth-order valence-electron chi connectivity index (χ4n) is 2.24. The van der Waals surface area contributed by atoms with E-state index in [-0.39, 0.29) is 0 Å². The maximum atomic E-state index is 6.05. The van der Waals surface area contributed by atoms with Crippen LogP contribution in [-0.2, 0) is 0 Å². The standard InChI is InChI=1S/C15H22ClN3S/c1-12(2)11-17-15(20)19-8-6-18(7-9-19)14-5-3-4-13(16)10-14/h3-5,10,12H,6-9,11H2,1-2H3,(H,17,20). The molecular weight excluding hydrogens is 290 g/mol. The average Bonchev–Trinajstić information content (AvgIpc) is 2.45. The molecule has 1 heterocycles. The van der Waals surface area contributed by atoms with E-state index in [1.165, 1.54) is 5.69 Å². The van der Waals surface area contributed by atoms with Crippen LogP contribution in [0.3, 0.4) is 0 Å². The molecule has 1 aliphatic heterocycles. The van der Waals surface area contributed by atoms with E-state index >= 15 is 0 Å². The Labute approximate surface area is 131 Å². The van der Waals surface area contributed by atoms with Crippen LogP contribution in [0, 0.1) is 5.92 Å². The zero-order valence-electron chi connectivity index (χ0n) is 12.1. The van der Waals surface area contributed by atoms with E-state index in [9.17, 15) is 0 Å². The highest BCUT2D eigenvalue weighted by molar-refractivity contribution is 7.80. The second-order valence-corrected chi connectivity index (χ2v) is 6.36. The largest absolute Gasteiger partial charge is 0.368 e. The molecule has 3 nitrogen and oxygen atoms in total. The quantitative estimate of drug-likeness (QED) is 0.865. The summed E-state index contributed by atoms with van der Waals surface area (Å²) in [6.07, 6.45) is 0. The van der Waals surface area contributed by atoms with Gasteiger partial charge >= 0.3 is 0 Å². The van der Waals surface area contributed by atoms with Crippen LogP contribution in [0.4, 0.5) is 5.69 Å². The predicted octanol–water partition coefficient (Wildman–Crippen LogP) is 2.99. The van der Waals surface area contributed by atoms with Crippen LogP contribution in [0.1, 0.15) is 13.8 Å². The van der Waals surface area contributed by atoms with Gasteiger partial charge in [0.05, 0.1) is 0 Å². The summed E-state index contributed by atoms with van der Waals surface area (Å²) in [6, 6.07) is 8.04. The van der Waals surface area contributed by atoms with Crippen molar-refractivity contribution in [2.45, 2.75) is 13.8 Å². The lowest BCUT2D eigenvalue weighted by Gasteiger charge is -2.37. The van der Waals surface area contributed by atoms with Gasteiger partial charge in [0, 0.05) is 43.4 Å². The molecule has 5 heteroatoms. The molecule has 0 amide bonds. The van der Waals surface area contributed by atoms with Crippen LogP contribution < -0.4 is 10.2 Å². The summed E-state index contributed by atoms with van der Waals surface area (Å²) in [5.74, 6) is 0.612. The molecule has 0 atom stereocenters. The molecule has 1 aliphatic rings. The predicted molar refractivity (Wildman–Crippen MR) is 90.7 cm³/mol. The highest BCUT2D eigenvalue weighted by Gasteiger charge is 2.19. The third-order valence-electron chi connectivity index (χ3n) is 3.40. The molecule has 0 saturated carbocycles. The van der Waals surface area contributed by atoms with E-state index in [0.717, 1.165) is 42.9 Å². The van der Waals surface area contributed by atoms with E-state index in [1.807, 2.05) is 18.2 Å². The number of benzene rings is 1. The molecular formula is C15H22ClN3S. The molecule has 0 aromatic heterocycles. The molecule has 0 aliphatic carbocycles. The van der Waals surface area contributed by atoms with Crippen LogP contribution in [0.2, 0.25) is 5.02 Å². The van der Waals surface area contributed by atoms with E-state index in [0.29, 0.717) is 5.92 Å². The van der Waals surface area contributed by atoms with E-state index in [2.05, 4.69) is 35.0 Å². The van der Waals surface area contributed by atoms with Crippen molar-refractivity contribution in [1.29, 1.82) is 0 Å². The first-order valence-electron chi connectivity index (χ1n) is 7.09. The Morgan fingerprint density at radius 3 is 2.60 bits per heavy atom. The van der Waals surface area contributed by atoms with Gasteiger partial charge in [-0.2, -0.15) is 0 Å². The fraction of sp³-hybridized carbons (Fsp3) is 0.533. The minimum atomic E-state index is 0.612. The molecule has 0 bridgehead atoms. The van der Waals surface area contributed by atoms with Crippen LogP contribution in [0.25, 0.3) is 0 Å². The smallest absolute Gasteiger partial charge is 0.169 e. The van der Waals surface area contributed by atoms with E-state index in [4.69, 9.17) is 23.8 Å². The molecule has 0 unspecified atom stereocenters. The summed E-state index contributed by atoms with van der Waals surface area (Å²) in [5, 5.41) is 5.00. The monoisotopic (exact) mass is 311 g/mol. The normalized spacial score (nSPS) is 15.6. The number of anilines is 1. The highest BCUT2D eigenvalue weighted by atomic mass is 35.5. The second kappa shape index (κ2) is 7.14. The zero-order valence-corrected chi connectivity index (χ0v) is 13.7. The van der Waals surface area contributed by atoms with Gasteiger partial charge in [-0.15, -0.1) is 0 Å². The first-order valence-corrected chi connectivity index (χ1v) is 7.88. The number of rotatable bonds is 3. The van der Waals surface area contributed by atoms with Crippen molar-refractivity contribution in [3.05, 3.63) is 29.3 Å². The maximum Gasteiger partial charge on any atom is 0.169 e. The molecule has 1 aromatic rings. The van der Waals surface area contributed by atoms with Crippen LogP contribution >= 0.6 is 23.8 Å². The molecule has 2 rings (SSSR count). The highest BCUT2D eigenvalue weighted by Crippen LogP contribution is 2.20. The first-order chi connectivity index (χ1) is 9.56. The average molecular weight is 312 g/mol. The Hall–Kier alpha value is -1.00. The minimum Gasteiger partial charge on any atom is -0.368 e. The summed E-state index contributed by atoms with van der Waals surface area (Å²) in [7, 11) is 0. The van der Waals surface area contributed by atoms with Gasteiger partial charge in [-0.3, -0.25) is 0 Å². The molecule has 0 radical (unpaired) electrons. The number of nitrogens with zero attached hydrogens (tertiary/aromatic N) is 2. The zero-order chi connectivity index (χ0) is 14.5. The SMILES string of the molecule is CC(C)CNC(=S)N1CCN(c2cccc(Cl)c2)CC1. The Kier molecular flexibility index (Phi) is 5.49. The van der Waals surface area contributed by atoms with Crippen molar-refractivity contribution >= 4 is 34.6 Å². The fourth-order valence-corrected chi connectivity index (χ4v) is 2.69. The molecule has 1 N–H and O–H groups in total. The van der Waals surface area contributed by atoms with Crippen molar-refractivity contribution in [2.75, 3.05) is 37.6 Å². The number of halogens is 1. The Bertz CT molecular complexity index is 456. The summed E-state index contributed by atoms with van der Waals surface area (Å²) < 4.78 is 0. The van der Waals surface area contributed by atoms with Crippen molar-refractivity contribution in [2.24, 2.45) is 5.92 Å². The van der Waals surface area contributed by atoms with Crippen molar-refractivity contribution in [3.8, 4) is 0 Å². The molecule has 1 fully saturated rings. The van der Waals surface area contributed by atoms with Crippen LogP contribution in [-0.4, -0.2) is 42.7 Å². The Morgan fingerprint density at radius 2 is 2.00 bits per heavy atom. The van der Waals surface area contributed by atoms with Crippen molar-refractivity contribution in [1.82, 2.24) is 10.2 Å². The third-order valence-corrected chi connectivity index (χ3v) is 4.04. The van der Waals surface area contributed by atoms with Gasteiger partial charge in [0.15, 0.2) is 5.11 Å². The van der Waals surface area contributed by atoms with Gasteiger partial charge in [-0.1, -0.05) is 31.5 Å². The topological polar surface area (TPSA) is 18.5 Å². The Morgan fingerprint density at radius 1 is 1.30 bits per heavy atom. The number of piperazine rings is 1. The molecule has 110 valence electrons. The van der Waals surface area contributed by atoms with Crippen molar-refractivity contribution in [3.63, 3.8) is 0 Å². The van der Waals surface area contributed by atoms with Gasteiger partial charge in [0.1, 0.15) is 0 Å².